The number of nitrogens with two attached hydrogens (primary N) is 1. The molecule has 18 heavy (non-hydrogen) atoms. The van der Waals surface area contributed by atoms with Crippen LogP contribution in [-0.2, 0) is 11.2 Å². The van der Waals surface area contributed by atoms with Gasteiger partial charge in [-0.15, -0.1) is 0 Å². The van der Waals surface area contributed by atoms with Crippen molar-refractivity contribution in [2.45, 2.75) is 6.42 Å². The molecule has 1 amide bonds. The summed E-state index contributed by atoms with van der Waals surface area (Å²) in [5.74, 6) is -0.104. The van der Waals surface area contributed by atoms with Gasteiger partial charge >= 0.3 is 0 Å². The Kier molecular flexibility index (Phi) is 3.85. The fraction of sp³-hybridized carbons (Fsp3) is 0.0714. The first-order chi connectivity index (χ1) is 8.65. The van der Waals surface area contributed by atoms with Crippen LogP contribution in [0.25, 0.3) is 0 Å². The lowest BCUT2D eigenvalue weighted by Crippen LogP contribution is -2.14. The first-order valence-corrected chi connectivity index (χ1v) is 5.92. The first-order valence-electron chi connectivity index (χ1n) is 5.54. The Morgan fingerprint density at radius 3 is 2.44 bits per heavy atom. The molecule has 2 rings (SSSR count). The third-order valence-corrected chi connectivity index (χ3v) is 2.82. The van der Waals surface area contributed by atoms with Gasteiger partial charge in [0.2, 0.25) is 5.91 Å². The Bertz CT molecular complexity index is 552. The molecule has 3 nitrogen and oxygen atoms in total. The molecule has 92 valence electrons. The molecule has 0 aliphatic rings. The van der Waals surface area contributed by atoms with Gasteiger partial charge in [-0.25, -0.2) is 0 Å². The third-order valence-electron chi connectivity index (χ3n) is 2.49. The van der Waals surface area contributed by atoms with E-state index in [-0.39, 0.29) is 5.91 Å². The summed E-state index contributed by atoms with van der Waals surface area (Å²) < 4.78 is 0. The second-order valence-corrected chi connectivity index (χ2v) is 4.35. The number of benzene rings is 2. The normalized spacial score (nSPS) is 10.1. The maximum Gasteiger partial charge on any atom is 0.228 e. The molecule has 0 heterocycles. The Hall–Kier alpha value is -2.00. The largest absolute Gasteiger partial charge is 0.399 e. The van der Waals surface area contributed by atoms with Crippen LogP contribution in [0.2, 0.25) is 5.02 Å². The molecule has 0 radical (unpaired) electrons. The van der Waals surface area contributed by atoms with Gasteiger partial charge in [0.05, 0.1) is 17.1 Å². The highest BCUT2D eigenvalue weighted by atomic mass is 35.5. The van der Waals surface area contributed by atoms with Crippen LogP contribution in [0.3, 0.4) is 0 Å². The van der Waals surface area contributed by atoms with Gasteiger partial charge in [0, 0.05) is 5.69 Å². The van der Waals surface area contributed by atoms with Crippen molar-refractivity contribution < 1.29 is 4.79 Å². The van der Waals surface area contributed by atoms with Crippen molar-refractivity contribution in [1.29, 1.82) is 0 Å². The average molecular weight is 261 g/mol. The zero-order valence-corrected chi connectivity index (χ0v) is 10.4. The van der Waals surface area contributed by atoms with Gasteiger partial charge in [-0.2, -0.15) is 0 Å². The van der Waals surface area contributed by atoms with Crippen LogP contribution in [0.1, 0.15) is 5.56 Å². The highest BCUT2D eigenvalue weighted by Gasteiger charge is 2.06. The quantitative estimate of drug-likeness (QED) is 0.833. The molecule has 3 N–H and O–H groups in total. The van der Waals surface area contributed by atoms with Crippen molar-refractivity contribution in [1.82, 2.24) is 0 Å². The summed E-state index contributed by atoms with van der Waals surface area (Å²) >= 11 is 5.96. The van der Waals surface area contributed by atoms with Gasteiger partial charge in [0.25, 0.3) is 0 Å². The van der Waals surface area contributed by atoms with E-state index in [1.165, 1.54) is 0 Å². The fourth-order valence-electron chi connectivity index (χ4n) is 1.58. The molecular weight excluding hydrogens is 248 g/mol. The molecule has 2 aromatic rings. The minimum absolute atomic E-state index is 0.104. The van der Waals surface area contributed by atoms with E-state index >= 15 is 0 Å². The summed E-state index contributed by atoms with van der Waals surface area (Å²) in [5, 5.41) is 3.30. The molecule has 0 aromatic heterocycles. The highest BCUT2D eigenvalue weighted by molar-refractivity contribution is 6.33. The molecular formula is C14H13ClN2O. The van der Waals surface area contributed by atoms with Crippen molar-refractivity contribution in [2.75, 3.05) is 11.1 Å². The zero-order valence-electron chi connectivity index (χ0n) is 9.69. The van der Waals surface area contributed by atoms with Gasteiger partial charge in [-0.05, 0) is 29.8 Å². The van der Waals surface area contributed by atoms with E-state index in [4.69, 9.17) is 17.3 Å². The van der Waals surface area contributed by atoms with Gasteiger partial charge in [0.1, 0.15) is 0 Å². The molecule has 0 fully saturated rings. The number of hydrogen-bond donors (Lipinski definition) is 2. The SMILES string of the molecule is Nc1ccc(CC(=O)Nc2ccccc2Cl)cc1. The van der Waals surface area contributed by atoms with Crippen molar-refractivity contribution in [3.05, 3.63) is 59.1 Å². The molecule has 0 aliphatic carbocycles. The number of carbonyl (C=O) groups excluding carboxylic acids is 1. The molecule has 2 aromatic carbocycles. The summed E-state index contributed by atoms with van der Waals surface area (Å²) in [7, 11) is 0. The van der Waals surface area contributed by atoms with Crippen LogP contribution in [0.15, 0.2) is 48.5 Å². The van der Waals surface area contributed by atoms with E-state index < -0.39 is 0 Å². The summed E-state index contributed by atoms with van der Waals surface area (Å²) in [6, 6.07) is 14.4. The van der Waals surface area contributed by atoms with Gasteiger partial charge < -0.3 is 11.1 Å². The van der Waals surface area contributed by atoms with Crippen molar-refractivity contribution in [3.8, 4) is 0 Å². The number of anilines is 2. The number of amides is 1. The predicted octanol–water partition coefficient (Wildman–Crippen LogP) is 3.10. The average Bonchev–Trinajstić information content (AvgIpc) is 2.35. The smallest absolute Gasteiger partial charge is 0.228 e. The number of carbonyl (C=O) groups is 1. The van der Waals surface area contributed by atoms with E-state index in [9.17, 15) is 4.79 Å². The first kappa shape index (κ1) is 12.5. The van der Waals surface area contributed by atoms with Crippen LogP contribution < -0.4 is 11.1 Å². The second kappa shape index (κ2) is 5.56. The lowest BCUT2D eigenvalue weighted by molar-refractivity contribution is -0.115. The molecule has 0 unspecified atom stereocenters. The fourth-order valence-corrected chi connectivity index (χ4v) is 1.76. The Labute approximate surface area is 111 Å². The maximum atomic E-state index is 11.8. The summed E-state index contributed by atoms with van der Waals surface area (Å²) in [6.07, 6.45) is 0.297. The van der Waals surface area contributed by atoms with E-state index in [1.54, 1.807) is 24.3 Å². The molecule has 0 saturated heterocycles. The molecule has 4 heteroatoms. The number of hydrogen-bond acceptors (Lipinski definition) is 2. The number of nitrogens with one attached hydrogen (secondary N) is 1. The number of para-hydroxylation sites is 1. The highest BCUT2D eigenvalue weighted by Crippen LogP contribution is 2.20. The van der Waals surface area contributed by atoms with E-state index in [1.807, 2.05) is 24.3 Å². The molecule has 0 saturated carbocycles. The lowest BCUT2D eigenvalue weighted by atomic mass is 10.1. The van der Waals surface area contributed by atoms with Crippen LogP contribution in [0, 0.1) is 0 Å². The standard InChI is InChI=1S/C14H13ClN2O/c15-12-3-1-2-4-13(12)17-14(18)9-10-5-7-11(16)8-6-10/h1-8H,9,16H2,(H,17,18). The van der Waals surface area contributed by atoms with Gasteiger partial charge in [-0.1, -0.05) is 35.9 Å². The predicted molar refractivity (Wildman–Crippen MR) is 74.6 cm³/mol. The van der Waals surface area contributed by atoms with Crippen LogP contribution >= 0.6 is 11.6 Å². The Balaban J connectivity index is 2.01. The van der Waals surface area contributed by atoms with Gasteiger partial charge in [0.15, 0.2) is 0 Å². The molecule has 0 atom stereocenters. The van der Waals surface area contributed by atoms with E-state index in [0.717, 1.165) is 5.56 Å². The second-order valence-electron chi connectivity index (χ2n) is 3.95. The summed E-state index contributed by atoms with van der Waals surface area (Å²) in [5.41, 5.74) is 7.80. The van der Waals surface area contributed by atoms with Crippen molar-refractivity contribution in [2.24, 2.45) is 0 Å². The van der Waals surface area contributed by atoms with Crippen LogP contribution in [0.4, 0.5) is 11.4 Å². The zero-order chi connectivity index (χ0) is 13.0. The third kappa shape index (κ3) is 3.25. The Morgan fingerprint density at radius 2 is 1.78 bits per heavy atom. The van der Waals surface area contributed by atoms with Crippen LogP contribution in [0.5, 0.6) is 0 Å². The number of rotatable bonds is 3. The monoisotopic (exact) mass is 260 g/mol. The summed E-state index contributed by atoms with van der Waals surface area (Å²) in [6.45, 7) is 0. The minimum atomic E-state index is -0.104. The van der Waals surface area contributed by atoms with E-state index in [0.29, 0.717) is 22.8 Å². The molecule has 0 bridgehead atoms. The molecule has 0 spiro atoms. The van der Waals surface area contributed by atoms with Gasteiger partial charge in [-0.3, -0.25) is 4.79 Å². The van der Waals surface area contributed by atoms with Crippen molar-refractivity contribution >= 4 is 28.9 Å². The number of nitrogen functional groups attached to an aromatic ring is 1. The maximum absolute atomic E-state index is 11.8. The Morgan fingerprint density at radius 1 is 1.11 bits per heavy atom. The summed E-state index contributed by atoms with van der Waals surface area (Å²) in [4.78, 5) is 11.8. The number of halogens is 1. The lowest BCUT2D eigenvalue weighted by Gasteiger charge is -2.07. The minimum Gasteiger partial charge on any atom is -0.399 e. The van der Waals surface area contributed by atoms with E-state index in [2.05, 4.69) is 5.32 Å². The van der Waals surface area contributed by atoms with Crippen LogP contribution in [-0.4, -0.2) is 5.91 Å². The van der Waals surface area contributed by atoms with Crippen molar-refractivity contribution in [3.63, 3.8) is 0 Å². The topological polar surface area (TPSA) is 55.1 Å². The molecule has 0 aliphatic heterocycles.